The fourth-order valence-corrected chi connectivity index (χ4v) is 1.09. The molecule has 0 amide bonds. The van der Waals surface area contributed by atoms with Crippen molar-refractivity contribution in [1.82, 2.24) is 0 Å². The van der Waals surface area contributed by atoms with Gasteiger partial charge in [0.1, 0.15) is 0 Å². The Hall–Kier alpha value is -0.260. The third-order valence-corrected chi connectivity index (χ3v) is 3.03. The molecule has 0 nitrogen and oxygen atoms in total. The van der Waals surface area contributed by atoms with Gasteiger partial charge < -0.3 is 0 Å². The summed E-state index contributed by atoms with van der Waals surface area (Å²) in [6, 6.07) is 0. The Kier molecular flexibility index (Phi) is 4.02. The summed E-state index contributed by atoms with van der Waals surface area (Å²) in [6.07, 6.45) is 1.26. The Labute approximate surface area is 78.1 Å². The molecule has 0 N–H and O–H groups in total. The van der Waals surface area contributed by atoms with Gasteiger partial charge in [-0.3, -0.25) is 0 Å². The first-order valence-corrected chi connectivity index (χ1v) is 4.90. The fraction of sp³-hybridized carbons (Fsp3) is 0.833. The van der Waals surface area contributed by atoms with Crippen molar-refractivity contribution in [2.45, 2.75) is 48.0 Å². The maximum absolute atomic E-state index is 3.99. The Bertz CT molecular complexity index is 148. The highest BCUT2D eigenvalue weighted by atomic mass is 14.3. The first kappa shape index (κ1) is 11.7. The van der Waals surface area contributed by atoms with Crippen molar-refractivity contribution in [3.8, 4) is 0 Å². The average Bonchev–Trinajstić information content (AvgIpc) is 1.85. The maximum atomic E-state index is 3.99. The van der Waals surface area contributed by atoms with Crippen LogP contribution in [0.5, 0.6) is 0 Å². The number of allylic oxidation sites excluding steroid dienone is 1. The highest BCUT2D eigenvalue weighted by Crippen LogP contribution is 2.32. The highest BCUT2D eigenvalue weighted by Gasteiger charge is 2.21. The molecule has 0 spiro atoms. The number of hydrogen-bond donors (Lipinski definition) is 0. The molecule has 0 aliphatic rings. The van der Waals surface area contributed by atoms with E-state index in [0.29, 0.717) is 11.3 Å². The average molecular weight is 168 g/mol. The zero-order chi connectivity index (χ0) is 9.94. The Balaban J connectivity index is 4.01. The molecule has 0 aliphatic carbocycles. The Morgan fingerprint density at radius 1 is 1.25 bits per heavy atom. The predicted molar refractivity (Wildman–Crippen MR) is 57.2 cm³/mol. The largest absolute Gasteiger partial charge is 0.0999 e. The molecular weight excluding hydrogens is 144 g/mol. The number of hydrogen-bond acceptors (Lipinski definition) is 0. The van der Waals surface area contributed by atoms with Crippen LogP contribution in [0.1, 0.15) is 48.0 Å². The van der Waals surface area contributed by atoms with Gasteiger partial charge in [-0.15, -0.1) is 0 Å². The maximum Gasteiger partial charge on any atom is -0.0234 e. The Morgan fingerprint density at radius 3 is 1.92 bits per heavy atom. The van der Waals surface area contributed by atoms with Gasteiger partial charge in [0.25, 0.3) is 0 Å². The van der Waals surface area contributed by atoms with E-state index in [1.165, 1.54) is 12.0 Å². The molecule has 0 aromatic carbocycles. The summed E-state index contributed by atoms with van der Waals surface area (Å²) in [5.74, 6) is 1.43. The SMILES string of the molecule is C=C(C)[C@H](C)C[C@@H](C)C(C)(C)C. The lowest BCUT2D eigenvalue weighted by Crippen LogP contribution is -2.19. The Morgan fingerprint density at radius 2 is 1.67 bits per heavy atom. The molecule has 0 saturated carbocycles. The van der Waals surface area contributed by atoms with Crippen molar-refractivity contribution in [2.24, 2.45) is 17.3 Å². The van der Waals surface area contributed by atoms with Crippen molar-refractivity contribution >= 4 is 0 Å². The minimum atomic E-state index is 0.434. The quantitative estimate of drug-likeness (QED) is 0.552. The second-order valence-electron chi connectivity index (χ2n) is 5.25. The van der Waals surface area contributed by atoms with Gasteiger partial charge in [0.2, 0.25) is 0 Å². The van der Waals surface area contributed by atoms with E-state index in [0.717, 1.165) is 5.92 Å². The van der Waals surface area contributed by atoms with Crippen molar-refractivity contribution in [3.63, 3.8) is 0 Å². The summed E-state index contributed by atoms with van der Waals surface area (Å²) in [7, 11) is 0. The predicted octanol–water partition coefficient (Wildman–Crippen LogP) is 4.27. The van der Waals surface area contributed by atoms with Crippen molar-refractivity contribution < 1.29 is 0 Å². The van der Waals surface area contributed by atoms with Crippen molar-refractivity contribution in [1.29, 1.82) is 0 Å². The van der Waals surface area contributed by atoms with Gasteiger partial charge >= 0.3 is 0 Å². The number of rotatable bonds is 3. The fourth-order valence-electron chi connectivity index (χ4n) is 1.09. The van der Waals surface area contributed by atoms with Gasteiger partial charge in [0, 0.05) is 0 Å². The molecule has 0 unspecified atom stereocenters. The van der Waals surface area contributed by atoms with E-state index < -0.39 is 0 Å². The van der Waals surface area contributed by atoms with Crippen LogP contribution in [0.15, 0.2) is 12.2 Å². The molecule has 0 heteroatoms. The molecular formula is C12H24. The normalized spacial score (nSPS) is 17.2. The molecule has 0 heterocycles. The summed E-state index contributed by atoms with van der Waals surface area (Å²) in [5.41, 5.74) is 1.75. The van der Waals surface area contributed by atoms with Gasteiger partial charge in [-0.2, -0.15) is 0 Å². The second-order valence-corrected chi connectivity index (χ2v) is 5.25. The summed E-state index contributed by atoms with van der Waals surface area (Å²) < 4.78 is 0. The van der Waals surface area contributed by atoms with Crippen LogP contribution in [-0.4, -0.2) is 0 Å². The van der Waals surface area contributed by atoms with Crippen molar-refractivity contribution in [3.05, 3.63) is 12.2 Å². The van der Waals surface area contributed by atoms with Gasteiger partial charge in [0.15, 0.2) is 0 Å². The van der Waals surface area contributed by atoms with E-state index in [4.69, 9.17) is 0 Å². The molecule has 0 bridgehead atoms. The van der Waals surface area contributed by atoms with E-state index in [9.17, 15) is 0 Å². The van der Waals surface area contributed by atoms with Crippen LogP contribution in [0.2, 0.25) is 0 Å². The monoisotopic (exact) mass is 168 g/mol. The van der Waals surface area contributed by atoms with Gasteiger partial charge in [-0.05, 0) is 30.6 Å². The van der Waals surface area contributed by atoms with Gasteiger partial charge in [-0.1, -0.05) is 46.8 Å². The van der Waals surface area contributed by atoms with Gasteiger partial charge in [-0.25, -0.2) is 0 Å². The summed E-state index contributed by atoms with van der Waals surface area (Å²) in [5, 5.41) is 0. The second kappa shape index (κ2) is 4.11. The van der Waals surface area contributed by atoms with Crippen LogP contribution in [0.3, 0.4) is 0 Å². The summed E-state index contributed by atoms with van der Waals surface area (Å²) in [6.45, 7) is 17.6. The minimum absolute atomic E-state index is 0.434. The zero-order valence-corrected chi connectivity index (χ0v) is 9.57. The zero-order valence-electron chi connectivity index (χ0n) is 9.57. The minimum Gasteiger partial charge on any atom is -0.0999 e. The first-order chi connectivity index (χ1) is 5.25. The molecule has 2 atom stereocenters. The third kappa shape index (κ3) is 3.94. The molecule has 12 heavy (non-hydrogen) atoms. The molecule has 0 saturated heterocycles. The molecule has 72 valence electrons. The van der Waals surface area contributed by atoms with E-state index in [1.807, 2.05) is 0 Å². The van der Waals surface area contributed by atoms with Crippen LogP contribution in [-0.2, 0) is 0 Å². The highest BCUT2D eigenvalue weighted by molar-refractivity contribution is 4.94. The third-order valence-electron chi connectivity index (χ3n) is 3.03. The molecule has 0 aromatic heterocycles. The summed E-state index contributed by atoms with van der Waals surface area (Å²) in [4.78, 5) is 0. The van der Waals surface area contributed by atoms with Crippen LogP contribution in [0.4, 0.5) is 0 Å². The standard InChI is InChI=1S/C12H24/c1-9(2)10(3)8-11(4)12(5,6)7/h10-11H,1,8H2,2-7H3/t10-,11-/m1/s1. The molecule has 0 aliphatic heterocycles. The lowest BCUT2D eigenvalue weighted by atomic mass is 9.76. The topological polar surface area (TPSA) is 0 Å². The molecule has 0 aromatic rings. The molecule has 0 radical (unpaired) electrons. The van der Waals surface area contributed by atoms with E-state index in [2.05, 4.69) is 48.1 Å². The summed E-state index contributed by atoms with van der Waals surface area (Å²) >= 11 is 0. The lowest BCUT2D eigenvalue weighted by Gasteiger charge is -2.29. The van der Waals surface area contributed by atoms with E-state index in [-0.39, 0.29) is 0 Å². The van der Waals surface area contributed by atoms with Gasteiger partial charge in [0.05, 0.1) is 0 Å². The lowest BCUT2D eigenvalue weighted by molar-refractivity contribution is 0.228. The molecule has 0 rings (SSSR count). The molecule has 0 fully saturated rings. The first-order valence-electron chi connectivity index (χ1n) is 4.90. The van der Waals surface area contributed by atoms with Crippen LogP contribution >= 0.6 is 0 Å². The van der Waals surface area contributed by atoms with Crippen molar-refractivity contribution in [2.75, 3.05) is 0 Å². The smallest absolute Gasteiger partial charge is 0.0234 e. The van der Waals surface area contributed by atoms with Crippen LogP contribution in [0.25, 0.3) is 0 Å². The van der Waals surface area contributed by atoms with E-state index >= 15 is 0 Å². The van der Waals surface area contributed by atoms with E-state index in [1.54, 1.807) is 0 Å². The van der Waals surface area contributed by atoms with Crippen LogP contribution in [0, 0.1) is 17.3 Å². The van der Waals surface area contributed by atoms with Crippen LogP contribution < -0.4 is 0 Å².